The van der Waals surface area contributed by atoms with Crippen LogP contribution in [-0.2, 0) is 6.54 Å². The van der Waals surface area contributed by atoms with E-state index in [-0.39, 0.29) is 0 Å². The Morgan fingerprint density at radius 2 is 2.29 bits per heavy atom. The van der Waals surface area contributed by atoms with Gasteiger partial charge in [-0.15, -0.1) is 11.3 Å². The van der Waals surface area contributed by atoms with Crippen molar-refractivity contribution in [3.63, 3.8) is 0 Å². The predicted molar refractivity (Wildman–Crippen MR) is 78.6 cm³/mol. The maximum absolute atomic E-state index is 3.64. The third-order valence-electron chi connectivity index (χ3n) is 3.58. The van der Waals surface area contributed by atoms with Gasteiger partial charge in [0, 0.05) is 31.7 Å². The highest BCUT2D eigenvalue weighted by molar-refractivity contribution is 9.11. The molecule has 2 heterocycles. The van der Waals surface area contributed by atoms with E-state index in [4.69, 9.17) is 0 Å². The van der Waals surface area contributed by atoms with E-state index in [1.54, 1.807) is 11.3 Å². The normalized spacial score (nSPS) is 26.3. The van der Waals surface area contributed by atoms with Crippen molar-refractivity contribution in [3.05, 3.63) is 20.8 Å². The molecule has 2 unspecified atom stereocenters. The second-order valence-corrected chi connectivity index (χ2v) is 7.05. The second kappa shape index (κ2) is 6.32. The summed E-state index contributed by atoms with van der Waals surface area (Å²) >= 11 is 5.33. The summed E-state index contributed by atoms with van der Waals surface area (Å²) in [5.41, 5.74) is 1.44. The lowest BCUT2D eigenvalue weighted by molar-refractivity contribution is 0.117. The van der Waals surface area contributed by atoms with Crippen molar-refractivity contribution in [1.29, 1.82) is 0 Å². The highest BCUT2D eigenvalue weighted by Gasteiger charge is 2.25. The van der Waals surface area contributed by atoms with Crippen LogP contribution in [0.15, 0.2) is 15.2 Å². The van der Waals surface area contributed by atoms with E-state index in [1.165, 1.54) is 28.7 Å². The quantitative estimate of drug-likeness (QED) is 0.915. The minimum absolute atomic E-state index is 0.667. The van der Waals surface area contributed by atoms with Crippen LogP contribution in [0.3, 0.4) is 0 Å². The minimum atomic E-state index is 0.667. The molecule has 0 radical (unpaired) electrons. The van der Waals surface area contributed by atoms with E-state index in [2.05, 4.69) is 51.4 Å². The number of piperazine rings is 1. The molecular formula is C13H21BrN2S. The third kappa shape index (κ3) is 3.53. The molecule has 0 amide bonds. The van der Waals surface area contributed by atoms with E-state index >= 15 is 0 Å². The Labute approximate surface area is 117 Å². The summed E-state index contributed by atoms with van der Waals surface area (Å²) in [7, 11) is 0. The summed E-state index contributed by atoms with van der Waals surface area (Å²) in [6, 6.07) is 3.61. The molecule has 0 aliphatic carbocycles. The van der Waals surface area contributed by atoms with E-state index < -0.39 is 0 Å². The summed E-state index contributed by atoms with van der Waals surface area (Å²) in [5.74, 6) is 0. The van der Waals surface area contributed by atoms with Gasteiger partial charge < -0.3 is 5.32 Å². The Morgan fingerprint density at radius 1 is 1.47 bits per heavy atom. The number of thiophene rings is 1. The van der Waals surface area contributed by atoms with E-state index in [0.717, 1.165) is 13.1 Å². The van der Waals surface area contributed by atoms with E-state index in [1.807, 2.05) is 0 Å². The SMILES string of the molecule is CCC1CN(Cc2csc(Br)c2)C(CC)CN1. The molecule has 1 saturated heterocycles. The molecule has 0 spiro atoms. The van der Waals surface area contributed by atoms with Crippen molar-refractivity contribution in [2.24, 2.45) is 0 Å². The molecule has 1 fully saturated rings. The highest BCUT2D eigenvalue weighted by atomic mass is 79.9. The van der Waals surface area contributed by atoms with Crippen LogP contribution in [-0.4, -0.2) is 30.1 Å². The van der Waals surface area contributed by atoms with Crippen molar-refractivity contribution in [2.45, 2.75) is 45.3 Å². The lowest BCUT2D eigenvalue weighted by atomic mass is 10.0. The van der Waals surface area contributed by atoms with Gasteiger partial charge >= 0.3 is 0 Å². The first-order valence-corrected chi connectivity index (χ1v) is 8.10. The summed E-state index contributed by atoms with van der Waals surface area (Å²) in [5, 5.41) is 5.91. The maximum atomic E-state index is 3.64. The number of hydrogen-bond acceptors (Lipinski definition) is 3. The molecule has 2 nitrogen and oxygen atoms in total. The van der Waals surface area contributed by atoms with Gasteiger partial charge in [-0.1, -0.05) is 13.8 Å². The van der Waals surface area contributed by atoms with Crippen LogP contribution in [0.1, 0.15) is 32.3 Å². The maximum Gasteiger partial charge on any atom is 0.0701 e. The Bertz CT molecular complexity index is 353. The molecule has 0 aromatic carbocycles. The average molecular weight is 317 g/mol. The smallest absolute Gasteiger partial charge is 0.0701 e. The van der Waals surface area contributed by atoms with Crippen molar-refractivity contribution in [1.82, 2.24) is 10.2 Å². The van der Waals surface area contributed by atoms with Gasteiger partial charge in [0.2, 0.25) is 0 Å². The van der Waals surface area contributed by atoms with Gasteiger partial charge in [0.25, 0.3) is 0 Å². The molecule has 1 aliphatic rings. The first-order valence-electron chi connectivity index (χ1n) is 6.43. The first-order chi connectivity index (χ1) is 8.22. The van der Waals surface area contributed by atoms with Crippen LogP contribution >= 0.6 is 27.3 Å². The van der Waals surface area contributed by atoms with Crippen molar-refractivity contribution >= 4 is 27.3 Å². The second-order valence-electron chi connectivity index (χ2n) is 4.76. The number of nitrogens with one attached hydrogen (secondary N) is 1. The number of hydrogen-bond donors (Lipinski definition) is 1. The Morgan fingerprint density at radius 3 is 2.88 bits per heavy atom. The molecule has 2 rings (SSSR count). The molecular weight excluding hydrogens is 296 g/mol. The monoisotopic (exact) mass is 316 g/mol. The number of rotatable bonds is 4. The molecule has 1 aromatic heterocycles. The zero-order valence-corrected chi connectivity index (χ0v) is 13.0. The average Bonchev–Trinajstić information content (AvgIpc) is 2.74. The molecule has 2 atom stereocenters. The van der Waals surface area contributed by atoms with Crippen LogP contribution in [0.4, 0.5) is 0 Å². The Kier molecular flexibility index (Phi) is 5.03. The van der Waals surface area contributed by atoms with Crippen molar-refractivity contribution < 1.29 is 0 Å². The summed E-state index contributed by atoms with van der Waals surface area (Å²) in [6.07, 6.45) is 2.45. The van der Waals surface area contributed by atoms with Crippen LogP contribution in [0.2, 0.25) is 0 Å². The summed E-state index contributed by atoms with van der Waals surface area (Å²) < 4.78 is 1.24. The van der Waals surface area contributed by atoms with Gasteiger partial charge in [0.1, 0.15) is 0 Å². The predicted octanol–water partition coefficient (Wildman–Crippen LogP) is 3.47. The lowest BCUT2D eigenvalue weighted by Gasteiger charge is -2.39. The van der Waals surface area contributed by atoms with Crippen LogP contribution in [0, 0.1) is 0 Å². The highest BCUT2D eigenvalue weighted by Crippen LogP contribution is 2.23. The van der Waals surface area contributed by atoms with Gasteiger partial charge in [-0.05, 0) is 45.8 Å². The lowest BCUT2D eigenvalue weighted by Crippen LogP contribution is -2.55. The summed E-state index contributed by atoms with van der Waals surface area (Å²) in [4.78, 5) is 2.64. The number of halogens is 1. The van der Waals surface area contributed by atoms with Gasteiger partial charge in [-0.3, -0.25) is 4.90 Å². The fraction of sp³-hybridized carbons (Fsp3) is 0.692. The Hall–Kier alpha value is 0.1000. The third-order valence-corrected chi connectivity index (χ3v) is 5.14. The van der Waals surface area contributed by atoms with Crippen LogP contribution in [0.5, 0.6) is 0 Å². The minimum Gasteiger partial charge on any atom is -0.311 e. The van der Waals surface area contributed by atoms with Crippen molar-refractivity contribution in [3.8, 4) is 0 Å². The topological polar surface area (TPSA) is 15.3 Å². The number of nitrogens with zero attached hydrogens (tertiary/aromatic N) is 1. The zero-order chi connectivity index (χ0) is 12.3. The molecule has 1 aliphatic heterocycles. The molecule has 17 heavy (non-hydrogen) atoms. The molecule has 1 aromatic rings. The molecule has 96 valence electrons. The van der Waals surface area contributed by atoms with Gasteiger partial charge in [-0.2, -0.15) is 0 Å². The zero-order valence-electron chi connectivity index (χ0n) is 10.6. The van der Waals surface area contributed by atoms with E-state index in [9.17, 15) is 0 Å². The van der Waals surface area contributed by atoms with Crippen LogP contribution < -0.4 is 5.32 Å². The fourth-order valence-electron chi connectivity index (χ4n) is 2.46. The molecule has 0 bridgehead atoms. The van der Waals surface area contributed by atoms with E-state index in [0.29, 0.717) is 12.1 Å². The first kappa shape index (κ1) is 13.5. The van der Waals surface area contributed by atoms with Gasteiger partial charge in [-0.25, -0.2) is 0 Å². The molecule has 1 N–H and O–H groups in total. The van der Waals surface area contributed by atoms with Gasteiger partial charge in [0.05, 0.1) is 3.79 Å². The van der Waals surface area contributed by atoms with Crippen LogP contribution in [0.25, 0.3) is 0 Å². The largest absolute Gasteiger partial charge is 0.311 e. The standard InChI is InChI=1S/C13H21BrN2S/c1-3-11-8-16(12(4-2)6-15-11)7-10-5-13(14)17-9-10/h5,9,11-12,15H,3-4,6-8H2,1-2H3. The Balaban J connectivity index is 2.00. The fourth-order valence-corrected chi connectivity index (χ4v) is 3.66. The molecule has 4 heteroatoms. The summed E-state index contributed by atoms with van der Waals surface area (Å²) in [6.45, 7) is 7.97. The molecule has 0 saturated carbocycles. The van der Waals surface area contributed by atoms with Crippen molar-refractivity contribution in [2.75, 3.05) is 13.1 Å². The van der Waals surface area contributed by atoms with Gasteiger partial charge in [0.15, 0.2) is 0 Å².